The summed E-state index contributed by atoms with van der Waals surface area (Å²) in [6, 6.07) is 17.1. The number of ketones is 1. The number of carboxylic acid groups (broad SMARTS) is 1. The molecule has 0 aliphatic rings. The molecule has 2 aromatic carbocycles. The summed E-state index contributed by atoms with van der Waals surface area (Å²) in [4.78, 5) is 23.5. The van der Waals surface area contributed by atoms with Crippen molar-refractivity contribution in [2.75, 3.05) is 0 Å². The quantitative estimate of drug-likeness (QED) is 0.711. The standard InChI is InChI=1S/C18H17IO3/c19-16-8-6-14(7-9-16)11-17(20)12-15(18(21)22)10-13-4-2-1-3-5-13/h1-9,15H,10-12H2,(H,21,22)/t15-/m1/s1. The van der Waals surface area contributed by atoms with Gasteiger partial charge in [-0.2, -0.15) is 0 Å². The first kappa shape index (κ1) is 16.7. The average molecular weight is 408 g/mol. The van der Waals surface area contributed by atoms with Gasteiger partial charge in [-0.1, -0.05) is 42.5 Å². The number of carbonyl (C=O) groups excluding carboxylic acids is 1. The van der Waals surface area contributed by atoms with Crippen molar-refractivity contribution in [3.63, 3.8) is 0 Å². The summed E-state index contributed by atoms with van der Waals surface area (Å²) in [5.41, 5.74) is 1.87. The Bertz CT molecular complexity index is 635. The zero-order valence-corrected chi connectivity index (χ0v) is 14.2. The molecule has 0 fully saturated rings. The molecule has 0 unspecified atom stereocenters. The van der Waals surface area contributed by atoms with Crippen molar-refractivity contribution < 1.29 is 14.7 Å². The molecule has 114 valence electrons. The molecular weight excluding hydrogens is 391 g/mol. The minimum absolute atomic E-state index is 0.0375. The van der Waals surface area contributed by atoms with Crippen molar-refractivity contribution in [1.82, 2.24) is 0 Å². The van der Waals surface area contributed by atoms with E-state index in [0.717, 1.165) is 14.7 Å². The summed E-state index contributed by atoms with van der Waals surface area (Å²) in [5, 5.41) is 9.33. The van der Waals surface area contributed by atoms with Gasteiger partial charge in [-0.3, -0.25) is 9.59 Å². The first-order valence-electron chi connectivity index (χ1n) is 7.07. The van der Waals surface area contributed by atoms with Gasteiger partial charge < -0.3 is 5.11 Å². The van der Waals surface area contributed by atoms with Crippen LogP contribution in [0.15, 0.2) is 54.6 Å². The Balaban J connectivity index is 1.97. The molecule has 0 aliphatic heterocycles. The number of carbonyl (C=O) groups is 2. The highest BCUT2D eigenvalue weighted by Gasteiger charge is 2.21. The first-order chi connectivity index (χ1) is 10.5. The van der Waals surface area contributed by atoms with Gasteiger partial charge in [0.25, 0.3) is 0 Å². The van der Waals surface area contributed by atoms with E-state index in [2.05, 4.69) is 22.6 Å². The lowest BCUT2D eigenvalue weighted by atomic mass is 9.92. The molecule has 0 radical (unpaired) electrons. The van der Waals surface area contributed by atoms with Crippen molar-refractivity contribution in [2.24, 2.45) is 5.92 Å². The fourth-order valence-electron chi connectivity index (χ4n) is 2.32. The van der Waals surface area contributed by atoms with Gasteiger partial charge in [-0.15, -0.1) is 0 Å². The molecule has 0 amide bonds. The van der Waals surface area contributed by atoms with E-state index < -0.39 is 11.9 Å². The Labute approximate surface area is 143 Å². The first-order valence-corrected chi connectivity index (χ1v) is 8.15. The number of carboxylic acids is 1. The maximum Gasteiger partial charge on any atom is 0.307 e. The van der Waals surface area contributed by atoms with E-state index in [1.54, 1.807) is 0 Å². The van der Waals surface area contributed by atoms with E-state index in [-0.39, 0.29) is 18.6 Å². The van der Waals surface area contributed by atoms with E-state index in [1.807, 2.05) is 54.6 Å². The van der Waals surface area contributed by atoms with Gasteiger partial charge >= 0.3 is 5.97 Å². The Morgan fingerprint density at radius 2 is 1.59 bits per heavy atom. The van der Waals surface area contributed by atoms with Crippen molar-refractivity contribution in [3.8, 4) is 0 Å². The lowest BCUT2D eigenvalue weighted by Crippen LogP contribution is -2.21. The van der Waals surface area contributed by atoms with Gasteiger partial charge in [0.15, 0.2) is 0 Å². The summed E-state index contributed by atoms with van der Waals surface area (Å²) in [6.45, 7) is 0. The van der Waals surface area contributed by atoms with Crippen LogP contribution in [0.2, 0.25) is 0 Å². The number of rotatable bonds is 7. The molecular formula is C18H17IO3. The SMILES string of the molecule is O=C(Cc1ccc(I)cc1)C[C@@H](Cc1ccccc1)C(=O)O. The lowest BCUT2D eigenvalue weighted by Gasteiger charge is -2.12. The minimum atomic E-state index is -0.917. The van der Waals surface area contributed by atoms with Gasteiger partial charge in [0, 0.05) is 16.4 Å². The lowest BCUT2D eigenvalue weighted by molar-refractivity contribution is -0.143. The summed E-state index contributed by atoms with van der Waals surface area (Å²) in [5.74, 6) is -1.62. The predicted molar refractivity (Wildman–Crippen MR) is 93.8 cm³/mol. The van der Waals surface area contributed by atoms with Gasteiger partial charge in [-0.25, -0.2) is 0 Å². The average Bonchev–Trinajstić information content (AvgIpc) is 2.50. The van der Waals surface area contributed by atoms with E-state index in [9.17, 15) is 14.7 Å². The van der Waals surface area contributed by atoms with Crippen LogP contribution in [0.25, 0.3) is 0 Å². The van der Waals surface area contributed by atoms with Gasteiger partial charge in [0.1, 0.15) is 5.78 Å². The van der Waals surface area contributed by atoms with Crippen LogP contribution in [0.3, 0.4) is 0 Å². The zero-order valence-electron chi connectivity index (χ0n) is 12.0. The van der Waals surface area contributed by atoms with Crippen LogP contribution in [0.5, 0.6) is 0 Å². The van der Waals surface area contributed by atoms with Gasteiger partial charge in [0.2, 0.25) is 0 Å². The molecule has 0 spiro atoms. The Morgan fingerprint density at radius 1 is 0.955 bits per heavy atom. The Hall–Kier alpha value is -1.69. The highest BCUT2D eigenvalue weighted by atomic mass is 127. The number of aliphatic carboxylic acids is 1. The van der Waals surface area contributed by atoms with Crippen LogP contribution in [0.1, 0.15) is 17.5 Å². The monoisotopic (exact) mass is 408 g/mol. The molecule has 3 nitrogen and oxygen atoms in total. The van der Waals surface area contributed by atoms with Crippen LogP contribution < -0.4 is 0 Å². The van der Waals surface area contributed by atoms with E-state index >= 15 is 0 Å². The number of halogens is 1. The highest BCUT2D eigenvalue weighted by Crippen LogP contribution is 2.15. The number of benzene rings is 2. The Morgan fingerprint density at radius 3 is 2.18 bits per heavy atom. The largest absolute Gasteiger partial charge is 0.481 e. The van der Waals surface area contributed by atoms with Crippen molar-refractivity contribution in [1.29, 1.82) is 0 Å². The van der Waals surface area contributed by atoms with Crippen LogP contribution in [-0.4, -0.2) is 16.9 Å². The zero-order chi connectivity index (χ0) is 15.9. The molecule has 4 heteroatoms. The third kappa shape index (κ3) is 5.26. The van der Waals surface area contributed by atoms with Gasteiger partial charge in [0.05, 0.1) is 5.92 Å². The molecule has 22 heavy (non-hydrogen) atoms. The molecule has 0 aromatic heterocycles. The van der Waals surface area contributed by atoms with Crippen LogP contribution >= 0.6 is 22.6 Å². The minimum Gasteiger partial charge on any atom is -0.481 e. The molecule has 2 aromatic rings. The predicted octanol–water partition coefficient (Wildman–Crippen LogP) is 3.74. The normalized spacial score (nSPS) is 11.9. The molecule has 0 bridgehead atoms. The number of Topliss-reactive ketones (excluding diaryl/α,β-unsaturated/α-hetero) is 1. The van der Waals surface area contributed by atoms with E-state index in [1.165, 1.54) is 0 Å². The van der Waals surface area contributed by atoms with Crippen LogP contribution in [0.4, 0.5) is 0 Å². The molecule has 1 N–H and O–H groups in total. The third-order valence-electron chi connectivity index (χ3n) is 3.46. The highest BCUT2D eigenvalue weighted by molar-refractivity contribution is 14.1. The van der Waals surface area contributed by atoms with Crippen LogP contribution in [0, 0.1) is 9.49 Å². The number of hydrogen-bond acceptors (Lipinski definition) is 2. The van der Waals surface area contributed by atoms with Gasteiger partial charge in [-0.05, 0) is 52.3 Å². The van der Waals surface area contributed by atoms with Crippen LogP contribution in [-0.2, 0) is 22.4 Å². The molecule has 1 atom stereocenters. The summed E-state index contributed by atoms with van der Waals surface area (Å²) < 4.78 is 1.11. The molecule has 0 aliphatic carbocycles. The topological polar surface area (TPSA) is 54.4 Å². The second-order valence-electron chi connectivity index (χ2n) is 5.27. The van der Waals surface area contributed by atoms with Crippen molar-refractivity contribution >= 4 is 34.3 Å². The smallest absolute Gasteiger partial charge is 0.307 e. The molecule has 0 saturated heterocycles. The summed E-state index contributed by atoms with van der Waals surface area (Å²) in [6.07, 6.45) is 0.736. The maximum atomic E-state index is 12.1. The van der Waals surface area contributed by atoms with E-state index in [0.29, 0.717) is 6.42 Å². The van der Waals surface area contributed by atoms with Crippen molar-refractivity contribution in [3.05, 3.63) is 69.3 Å². The third-order valence-corrected chi connectivity index (χ3v) is 4.18. The molecule has 0 heterocycles. The fraction of sp³-hybridized carbons (Fsp3) is 0.222. The Kier molecular flexibility index (Phi) is 6.12. The maximum absolute atomic E-state index is 12.1. The summed E-state index contributed by atoms with van der Waals surface area (Å²) in [7, 11) is 0. The molecule has 0 saturated carbocycles. The second-order valence-corrected chi connectivity index (χ2v) is 6.52. The summed E-state index contributed by atoms with van der Waals surface area (Å²) >= 11 is 2.21. The number of hydrogen-bond donors (Lipinski definition) is 1. The van der Waals surface area contributed by atoms with Crippen molar-refractivity contribution in [2.45, 2.75) is 19.3 Å². The fourth-order valence-corrected chi connectivity index (χ4v) is 2.68. The molecule has 2 rings (SSSR count). The second kappa shape index (κ2) is 8.08. The van der Waals surface area contributed by atoms with E-state index in [4.69, 9.17) is 0 Å².